The highest BCUT2D eigenvalue weighted by Gasteiger charge is 2.24. The Balaban J connectivity index is 2.13. The summed E-state index contributed by atoms with van der Waals surface area (Å²) in [5.41, 5.74) is 2.62. The molecule has 1 N–H and O–H groups in total. The summed E-state index contributed by atoms with van der Waals surface area (Å²) in [7, 11) is 2.14. The van der Waals surface area contributed by atoms with E-state index >= 15 is 0 Å². The lowest BCUT2D eigenvalue weighted by molar-refractivity contribution is 0.171. The second-order valence-electron chi connectivity index (χ2n) is 5.02. The minimum absolute atomic E-state index is 0.266. The van der Waals surface area contributed by atoms with E-state index in [2.05, 4.69) is 57.9 Å². The number of rotatable bonds is 3. The Hall–Kier alpha value is -0.580. The van der Waals surface area contributed by atoms with Crippen LogP contribution in [0.2, 0.25) is 0 Å². The number of benzene rings is 1. The van der Waals surface area contributed by atoms with Crippen LogP contribution in [0.4, 0.5) is 5.69 Å². The topological polar surface area (TPSA) is 26.7 Å². The van der Waals surface area contributed by atoms with Crippen LogP contribution in [0, 0.1) is 6.92 Å². The van der Waals surface area contributed by atoms with Gasteiger partial charge < -0.3 is 10.0 Å². The minimum Gasteiger partial charge on any atom is -0.396 e. The zero-order valence-electron chi connectivity index (χ0n) is 11.1. The summed E-state index contributed by atoms with van der Waals surface area (Å²) < 4.78 is 1.13. The standard InChI is InChI=1S/C14H21BrN2O/c1-11-9-12(15)3-4-14(11)17-7-6-16(2)13(10-17)5-8-18/h3-4,9,13,18H,5-8,10H2,1-2H3. The van der Waals surface area contributed by atoms with Crippen LogP contribution < -0.4 is 4.90 Å². The van der Waals surface area contributed by atoms with E-state index in [1.165, 1.54) is 11.3 Å². The average Bonchev–Trinajstić information content (AvgIpc) is 2.33. The first-order chi connectivity index (χ1) is 8.61. The molecule has 1 aromatic rings. The van der Waals surface area contributed by atoms with Gasteiger partial charge in [-0.05, 0) is 44.2 Å². The number of piperazine rings is 1. The van der Waals surface area contributed by atoms with Gasteiger partial charge in [-0.25, -0.2) is 0 Å². The van der Waals surface area contributed by atoms with Crippen molar-refractivity contribution in [2.45, 2.75) is 19.4 Å². The Bertz CT molecular complexity index is 411. The van der Waals surface area contributed by atoms with Gasteiger partial charge in [-0.15, -0.1) is 0 Å². The second kappa shape index (κ2) is 6.04. The van der Waals surface area contributed by atoms with Crippen LogP contribution in [0.15, 0.2) is 22.7 Å². The number of aryl methyl sites for hydroxylation is 1. The normalized spacial score (nSPS) is 21.3. The Morgan fingerprint density at radius 3 is 2.83 bits per heavy atom. The number of aliphatic hydroxyl groups is 1. The summed E-state index contributed by atoms with van der Waals surface area (Å²) in [5.74, 6) is 0. The monoisotopic (exact) mass is 312 g/mol. The molecule has 0 radical (unpaired) electrons. The van der Waals surface area contributed by atoms with E-state index < -0.39 is 0 Å². The van der Waals surface area contributed by atoms with Crippen molar-refractivity contribution in [3.05, 3.63) is 28.2 Å². The van der Waals surface area contributed by atoms with Crippen LogP contribution in [-0.2, 0) is 0 Å². The van der Waals surface area contributed by atoms with Crippen molar-refractivity contribution in [3.8, 4) is 0 Å². The molecular weight excluding hydrogens is 292 g/mol. The quantitative estimate of drug-likeness (QED) is 0.927. The summed E-state index contributed by atoms with van der Waals surface area (Å²) >= 11 is 3.51. The first-order valence-corrected chi connectivity index (χ1v) is 7.23. The molecule has 0 bridgehead atoms. The van der Waals surface area contributed by atoms with Crippen molar-refractivity contribution in [1.29, 1.82) is 0 Å². The SMILES string of the molecule is Cc1cc(Br)ccc1N1CCN(C)C(CCO)C1. The van der Waals surface area contributed by atoms with Gasteiger partial charge in [0.25, 0.3) is 0 Å². The number of anilines is 1. The van der Waals surface area contributed by atoms with Crippen molar-refractivity contribution in [1.82, 2.24) is 4.90 Å². The molecule has 1 unspecified atom stereocenters. The number of halogens is 1. The van der Waals surface area contributed by atoms with Crippen molar-refractivity contribution in [2.24, 2.45) is 0 Å². The smallest absolute Gasteiger partial charge is 0.0446 e. The maximum Gasteiger partial charge on any atom is 0.0446 e. The number of nitrogens with zero attached hydrogens (tertiary/aromatic N) is 2. The van der Waals surface area contributed by atoms with Gasteiger partial charge in [-0.1, -0.05) is 15.9 Å². The molecule has 1 saturated heterocycles. The van der Waals surface area contributed by atoms with Crippen LogP contribution in [0.5, 0.6) is 0 Å². The van der Waals surface area contributed by atoms with E-state index in [-0.39, 0.29) is 6.61 Å². The zero-order valence-corrected chi connectivity index (χ0v) is 12.7. The Kier molecular flexibility index (Phi) is 4.65. The van der Waals surface area contributed by atoms with Gasteiger partial charge in [0.05, 0.1) is 0 Å². The molecule has 2 rings (SSSR count). The summed E-state index contributed by atoms with van der Waals surface area (Å²) in [4.78, 5) is 4.78. The number of aliphatic hydroxyl groups excluding tert-OH is 1. The Morgan fingerprint density at radius 2 is 2.17 bits per heavy atom. The van der Waals surface area contributed by atoms with Crippen LogP contribution in [0.3, 0.4) is 0 Å². The van der Waals surface area contributed by atoms with Gasteiger partial charge in [0.1, 0.15) is 0 Å². The average molecular weight is 313 g/mol. The largest absolute Gasteiger partial charge is 0.396 e. The van der Waals surface area contributed by atoms with E-state index in [4.69, 9.17) is 5.11 Å². The molecule has 100 valence electrons. The Labute approximate surface area is 118 Å². The maximum absolute atomic E-state index is 9.13. The molecule has 3 nitrogen and oxygen atoms in total. The first kappa shape index (κ1) is 13.8. The van der Waals surface area contributed by atoms with Crippen molar-refractivity contribution in [3.63, 3.8) is 0 Å². The van der Waals surface area contributed by atoms with E-state index in [1.54, 1.807) is 0 Å². The van der Waals surface area contributed by atoms with Gasteiger partial charge in [0, 0.05) is 42.4 Å². The molecular formula is C14H21BrN2O. The van der Waals surface area contributed by atoms with Gasteiger partial charge in [0.2, 0.25) is 0 Å². The first-order valence-electron chi connectivity index (χ1n) is 6.44. The molecule has 1 aliphatic heterocycles. The van der Waals surface area contributed by atoms with Crippen molar-refractivity contribution < 1.29 is 5.11 Å². The fraction of sp³-hybridized carbons (Fsp3) is 0.571. The lowest BCUT2D eigenvalue weighted by Gasteiger charge is -2.41. The third-order valence-electron chi connectivity index (χ3n) is 3.74. The van der Waals surface area contributed by atoms with Crippen LogP contribution in [-0.4, -0.2) is 49.3 Å². The summed E-state index contributed by atoms with van der Waals surface area (Å²) in [6, 6.07) is 6.89. The number of hydrogen-bond acceptors (Lipinski definition) is 3. The van der Waals surface area contributed by atoms with Crippen LogP contribution in [0.25, 0.3) is 0 Å². The molecule has 0 aromatic heterocycles. The molecule has 1 aliphatic rings. The molecule has 4 heteroatoms. The van der Waals surface area contributed by atoms with Gasteiger partial charge in [0.15, 0.2) is 0 Å². The molecule has 0 amide bonds. The van der Waals surface area contributed by atoms with Crippen molar-refractivity contribution >= 4 is 21.6 Å². The lowest BCUT2D eigenvalue weighted by Crippen LogP contribution is -2.52. The zero-order chi connectivity index (χ0) is 13.1. The predicted molar refractivity (Wildman–Crippen MR) is 79.2 cm³/mol. The highest BCUT2D eigenvalue weighted by molar-refractivity contribution is 9.10. The highest BCUT2D eigenvalue weighted by Crippen LogP contribution is 2.26. The molecule has 0 spiro atoms. The minimum atomic E-state index is 0.266. The summed E-state index contributed by atoms with van der Waals surface area (Å²) in [6.45, 7) is 5.53. The molecule has 1 heterocycles. The molecule has 0 aliphatic carbocycles. The van der Waals surface area contributed by atoms with Crippen LogP contribution in [0.1, 0.15) is 12.0 Å². The molecule has 1 atom stereocenters. The van der Waals surface area contributed by atoms with Gasteiger partial charge in [-0.3, -0.25) is 4.90 Å². The lowest BCUT2D eigenvalue weighted by atomic mass is 10.1. The van der Waals surface area contributed by atoms with E-state index in [9.17, 15) is 0 Å². The van der Waals surface area contributed by atoms with E-state index in [1.807, 2.05) is 0 Å². The second-order valence-corrected chi connectivity index (χ2v) is 5.94. The van der Waals surface area contributed by atoms with Crippen LogP contribution >= 0.6 is 15.9 Å². The summed E-state index contributed by atoms with van der Waals surface area (Å²) in [6.07, 6.45) is 0.850. The third kappa shape index (κ3) is 3.05. The molecule has 1 fully saturated rings. The molecule has 1 aromatic carbocycles. The van der Waals surface area contributed by atoms with E-state index in [0.29, 0.717) is 6.04 Å². The van der Waals surface area contributed by atoms with Gasteiger partial charge in [-0.2, -0.15) is 0 Å². The van der Waals surface area contributed by atoms with Gasteiger partial charge >= 0.3 is 0 Å². The molecule has 0 saturated carbocycles. The van der Waals surface area contributed by atoms with E-state index in [0.717, 1.165) is 30.5 Å². The fourth-order valence-corrected chi connectivity index (χ4v) is 3.07. The Morgan fingerprint density at radius 1 is 1.39 bits per heavy atom. The maximum atomic E-state index is 9.13. The molecule has 18 heavy (non-hydrogen) atoms. The number of hydrogen-bond donors (Lipinski definition) is 1. The summed E-state index contributed by atoms with van der Waals surface area (Å²) in [5, 5.41) is 9.13. The van der Waals surface area contributed by atoms with Crippen molar-refractivity contribution in [2.75, 3.05) is 38.2 Å². The highest BCUT2D eigenvalue weighted by atomic mass is 79.9. The third-order valence-corrected chi connectivity index (χ3v) is 4.23. The fourth-order valence-electron chi connectivity index (χ4n) is 2.60. The predicted octanol–water partition coefficient (Wildman–Crippen LogP) is 2.26. The number of likely N-dealkylation sites (N-methyl/N-ethyl adjacent to an activating group) is 1.